The average Bonchev–Trinajstić information content (AvgIpc) is 2.37. The SMILES string of the molecule is CS(=O)(=O)N1CCC(NCc2ccncc2)CC1. The maximum Gasteiger partial charge on any atom is 0.211 e. The summed E-state index contributed by atoms with van der Waals surface area (Å²) in [4.78, 5) is 3.98. The molecule has 1 saturated heterocycles. The van der Waals surface area contributed by atoms with E-state index in [0.29, 0.717) is 19.1 Å². The third-order valence-corrected chi connectivity index (χ3v) is 4.57. The smallest absolute Gasteiger partial charge is 0.211 e. The van der Waals surface area contributed by atoms with Gasteiger partial charge in [-0.25, -0.2) is 12.7 Å². The van der Waals surface area contributed by atoms with Crippen molar-refractivity contribution in [1.29, 1.82) is 0 Å². The predicted molar refractivity (Wildman–Crippen MR) is 70.5 cm³/mol. The van der Waals surface area contributed by atoms with Crippen LogP contribution in [0.2, 0.25) is 0 Å². The summed E-state index contributed by atoms with van der Waals surface area (Å²) in [6.45, 7) is 2.05. The van der Waals surface area contributed by atoms with Crippen LogP contribution in [0.5, 0.6) is 0 Å². The van der Waals surface area contributed by atoms with Crippen molar-refractivity contribution in [2.75, 3.05) is 19.3 Å². The fourth-order valence-corrected chi connectivity index (χ4v) is 3.03. The largest absolute Gasteiger partial charge is 0.310 e. The molecular formula is C12H19N3O2S. The molecular weight excluding hydrogens is 250 g/mol. The molecule has 0 atom stereocenters. The standard InChI is InChI=1S/C12H19N3O2S/c1-18(16,17)15-8-4-12(5-9-15)14-10-11-2-6-13-7-3-11/h2-3,6-7,12,14H,4-5,8-10H2,1H3. The van der Waals surface area contributed by atoms with Crippen molar-refractivity contribution < 1.29 is 8.42 Å². The van der Waals surface area contributed by atoms with E-state index in [4.69, 9.17) is 0 Å². The van der Waals surface area contributed by atoms with Crippen molar-refractivity contribution >= 4 is 10.0 Å². The van der Waals surface area contributed by atoms with E-state index >= 15 is 0 Å². The van der Waals surface area contributed by atoms with Gasteiger partial charge < -0.3 is 5.32 Å². The minimum atomic E-state index is -3.02. The summed E-state index contributed by atoms with van der Waals surface area (Å²) >= 11 is 0. The zero-order valence-electron chi connectivity index (χ0n) is 10.5. The molecule has 1 N–H and O–H groups in total. The Labute approximate surface area is 108 Å². The topological polar surface area (TPSA) is 62.3 Å². The molecule has 0 spiro atoms. The maximum absolute atomic E-state index is 11.4. The highest BCUT2D eigenvalue weighted by atomic mass is 32.2. The number of piperidine rings is 1. The minimum absolute atomic E-state index is 0.399. The molecule has 0 unspecified atom stereocenters. The zero-order valence-corrected chi connectivity index (χ0v) is 11.4. The first-order valence-corrected chi connectivity index (χ1v) is 7.98. The predicted octanol–water partition coefficient (Wildman–Crippen LogP) is 0.595. The van der Waals surface area contributed by atoms with E-state index in [1.165, 1.54) is 11.8 Å². The fraction of sp³-hybridized carbons (Fsp3) is 0.583. The van der Waals surface area contributed by atoms with Crippen molar-refractivity contribution in [3.8, 4) is 0 Å². The van der Waals surface area contributed by atoms with E-state index in [-0.39, 0.29) is 0 Å². The molecule has 1 fully saturated rings. The van der Waals surface area contributed by atoms with Crippen molar-refractivity contribution in [3.05, 3.63) is 30.1 Å². The third kappa shape index (κ3) is 3.76. The van der Waals surface area contributed by atoms with Crippen LogP contribution >= 0.6 is 0 Å². The van der Waals surface area contributed by atoms with Crippen LogP contribution < -0.4 is 5.32 Å². The summed E-state index contributed by atoms with van der Waals surface area (Å²) in [5.41, 5.74) is 1.20. The van der Waals surface area contributed by atoms with E-state index in [2.05, 4.69) is 10.3 Å². The quantitative estimate of drug-likeness (QED) is 0.869. The Morgan fingerprint density at radius 3 is 2.50 bits per heavy atom. The molecule has 0 aliphatic carbocycles. The number of nitrogens with one attached hydrogen (secondary N) is 1. The second-order valence-electron chi connectivity index (χ2n) is 4.67. The van der Waals surface area contributed by atoms with Gasteiger partial charge in [-0.3, -0.25) is 4.98 Å². The van der Waals surface area contributed by atoms with Gasteiger partial charge in [0.2, 0.25) is 10.0 Å². The molecule has 2 heterocycles. The monoisotopic (exact) mass is 269 g/mol. The highest BCUT2D eigenvalue weighted by Gasteiger charge is 2.24. The first kappa shape index (κ1) is 13.5. The lowest BCUT2D eigenvalue weighted by molar-refractivity contribution is 0.290. The highest BCUT2D eigenvalue weighted by molar-refractivity contribution is 7.88. The number of hydrogen-bond donors (Lipinski definition) is 1. The van der Waals surface area contributed by atoms with Crippen LogP contribution in [0.1, 0.15) is 18.4 Å². The lowest BCUT2D eigenvalue weighted by Crippen LogP contribution is -2.44. The number of sulfonamides is 1. The Hall–Kier alpha value is -0.980. The number of rotatable bonds is 4. The van der Waals surface area contributed by atoms with E-state index < -0.39 is 10.0 Å². The average molecular weight is 269 g/mol. The first-order valence-electron chi connectivity index (χ1n) is 6.13. The molecule has 0 bridgehead atoms. The van der Waals surface area contributed by atoms with Crippen molar-refractivity contribution in [3.63, 3.8) is 0 Å². The van der Waals surface area contributed by atoms with Crippen LogP contribution in [0.25, 0.3) is 0 Å². The summed E-state index contributed by atoms with van der Waals surface area (Å²) in [6.07, 6.45) is 6.58. The third-order valence-electron chi connectivity index (χ3n) is 3.27. The van der Waals surface area contributed by atoms with E-state index in [0.717, 1.165) is 19.4 Å². The van der Waals surface area contributed by atoms with Crippen LogP contribution in [0, 0.1) is 0 Å². The zero-order chi connectivity index (χ0) is 13.0. The van der Waals surface area contributed by atoms with E-state index in [1.54, 1.807) is 16.7 Å². The first-order chi connectivity index (χ1) is 8.55. The minimum Gasteiger partial charge on any atom is -0.310 e. The van der Waals surface area contributed by atoms with Gasteiger partial charge in [-0.1, -0.05) is 0 Å². The lowest BCUT2D eigenvalue weighted by Gasteiger charge is -2.30. The van der Waals surface area contributed by atoms with Gasteiger partial charge in [0.15, 0.2) is 0 Å². The van der Waals surface area contributed by atoms with Gasteiger partial charge in [-0.2, -0.15) is 0 Å². The van der Waals surface area contributed by atoms with Crippen molar-refractivity contribution in [2.45, 2.75) is 25.4 Å². The van der Waals surface area contributed by atoms with Crippen LogP contribution in [0.3, 0.4) is 0 Å². The molecule has 0 amide bonds. The van der Waals surface area contributed by atoms with E-state index in [9.17, 15) is 8.42 Å². The number of hydrogen-bond acceptors (Lipinski definition) is 4. The highest BCUT2D eigenvalue weighted by Crippen LogP contribution is 2.13. The molecule has 6 heteroatoms. The molecule has 1 aromatic heterocycles. The van der Waals surface area contributed by atoms with Gasteiger partial charge in [-0.05, 0) is 30.5 Å². The number of nitrogens with zero attached hydrogens (tertiary/aromatic N) is 2. The molecule has 1 aromatic rings. The Morgan fingerprint density at radius 1 is 1.33 bits per heavy atom. The molecule has 0 saturated carbocycles. The van der Waals surface area contributed by atoms with Gasteiger partial charge in [0, 0.05) is 38.1 Å². The van der Waals surface area contributed by atoms with Crippen molar-refractivity contribution in [2.24, 2.45) is 0 Å². The summed E-state index contributed by atoms with van der Waals surface area (Å²) in [7, 11) is -3.02. The van der Waals surface area contributed by atoms with Gasteiger partial charge in [0.25, 0.3) is 0 Å². The summed E-state index contributed by atoms with van der Waals surface area (Å²) in [6, 6.07) is 4.37. The number of pyridine rings is 1. The van der Waals surface area contributed by atoms with Gasteiger partial charge in [0.05, 0.1) is 6.26 Å². The fourth-order valence-electron chi connectivity index (χ4n) is 2.15. The Morgan fingerprint density at radius 2 is 1.94 bits per heavy atom. The maximum atomic E-state index is 11.4. The molecule has 18 heavy (non-hydrogen) atoms. The Bertz CT molecular complexity index is 467. The van der Waals surface area contributed by atoms with E-state index in [1.807, 2.05) is 12.1 Å². The molecule has 0 aromatic carbocycles. The molecule has 1 aliphatic heterocycles. The Balaban J connectivity index is 1.78. The Kier molecular flexibility index (Phi) is 4.31. The second kappa shape index (κ2) is 5.77. The van der Waals surface area contributed by atoms with Gasteiger partial charge in [0.1, 0.15) is 0 Å². The normalized spacial score (nSPS) is 18.9. The van der Waals surface area contributed by atoms with Crippen molar-refractivity contribution in [1.82, 2.24) is 14.6 Å². The summed E-state index contributed by atoms with van der Waals surface area (Å²) in [5.74, 6) is 0. The van der Waals surface area contributed by atoms with Gasteiger partial charge in [-0.15, -0.1) is 0 Å². The van der Waals surface area contributed by atoms with Crippen LogP contribution in [-0.2, 0) is 16.6 Å². The molecule has 2 rings (SSSR count). The molecule has 0 radical (unpaired) electrons. The molecule has 100 valence electrons. The molecule has 5 nitrogen and oxygen atoms in total. The van der Waals surface area contributed by atoms with Crippen LogP contribution in [0.15, 0.2) is 24.5 Å². The number of aromatic nitrogens is 1. The summed E-state index contributed by atoms with van der Waals surface area (Å²) < 4.78 is 24.3. The summed E-state index contributed by atoms with van der Waals surface area (Å²) in [5, 5.41) is 3.46. The van der Waals surface area contributed by atoms with Gasteiger partial charge >= 0.3 is 0 Å². The lowest BCUT2D eigenvalue weighted by atomic mass is 10.1. The molecule has 1 aliphatic rings. The van der Waals surface area contributed by atoms with Crippen LogP contribution in [-0.4, -0.2) is 43.1 Å². The second-order valence-corrected chi connectivity index (χ2v) is 6.66. The van der Waals surface area contributed by atoms with Crippen LogP contribution in [0.4, 0.5) is 0 Å².